The van der Waals surface area contributed by atoms with E-state index in [0.29, 0.717) is 22.3 Å². The summed E-state index contributed by atoms with van der Waals surface area (Å²) in [5, 5.41) is 0. The van der Waals surface area contributed by atoms with Gasteiger partial charge in [-0.05, 0) is 42.7 Å². The minimum atomic E-state index is -0.410. The first kappa shape index (κ1) is 17.8. The Bertz CT molecular complexity index is 917. The number of aromatic nitrogens is 2. The highest BCUT2D eigenvalue weighted by atomic mass is 16.5. The predicted molar refractivity (Wildman–Crippen MR) is 99.0 cm³/mol. The van der Waals surface area contributed by atoms with Gasteiger partial charge in [0.1, 0.15) is 28.4 Å². The highest BCUT2D eigenvalue weighted by Crippen LogP contribution is 2.27. The highest BCUT2D eigenvalue weighted by Gasteiger charge is 2.17. The number of hydrogen-bond donors (Lipinski definition) is 1. The van der Waals surface area contributed by atoms with Gasteiger partial charge in [0.2, 0.25) is 0 Å². The summed E-state index contributed by atoms with van der Waals surface area (Å²) in [7, 11) is 4.62. The Morgan fingerprint density at radius 2 is 1.92 bits per heavy atom. The molecule has 0 bridgehead atoms. The Hall–Kier alpha value is -3.02. The Labute approximate surface area is 152 Å². The van der Waals surface area contributed by atoms with Crippen LogP contribution in [0.15, 0.2) is 36.4 Å². The first-order valence-corrected chi connectivity index (χ1v) is 8.43. The van der Waals surface area contributed by atoms with Crippen molar-refractivity contribution in [1.29, 1.82) is 0 Å². The number of carbonyl (C=O) groups is 1. The number of ether oxygens (including phenoxy) is 3. The average Bonchev–Trinajstić information content (AvgIpc) is 3.10. The van der Waals surface area contributed by atoms with Crippen molar-refractivity contribution in [3.63, 3.8) is 0 Å². The molecule has 1 heterocycles. The second kappa shape index (κ2) is 7.91. The Morgan fingerprint density at radius 1 is 1.08 bits per heavy atom. The number of fused-ring (bicyclic) bond motifs is 1. The van der Waals surface area contributed by atoms with E-state index in [9.17, 15) is 4.79 Å². The minimum Gasteiger partial charge on any atom is -0.497 e. The molecule has 0 radical (unpaired) electrons. The molecule has 2 aromatic carbocycles. The number of nitrogens with zero attached hydrogens (tertiary/aromatic N) is 1. The summed E-state index contributed by atoms with van der Waals surface area (Å²) in [6.07, 6.45) is 2.59. The maximum Gasteiger partial charge on any atom is 0.340 e. The molecule has 1 aromatic heterocycles. The molecular weight excluding hydrogens is 332 g/mol. The fraction of sp³-hybridized carbons (Fsp3) is 0.300. The van der Waals surface area contributed by atoms with Crippen LogP contribution in [0.25, 0.3) is 11.0 Å². The molecule has 0 saturated carbocycles. The largest absolute Gasteiger partial charge is 0.497 e. The molecule has 1 N–H and O–H groups in total. The highest BCUT2D eigenvalue weighted by molar-refractivity contribution is 6.03. The van der Waals surface area contributed by atoms with Crippen LogP contribution in [0.2, 0.25) is 0 Å². The van der Waals surface area contributed by atoms with Gasteiger partial charge in [-0.25, -0.2) is 9.78 Å². The summed E-state index contributed by atoms with van der Waals surface area (Å²) in [6, 6.07) is 11.5. The van der Waals surface area contributed by atoms with Crippen molar-refractivity contribution in [3.05, 3.63) is 53.3 Å². The molecule has 26 heavy (non-hydrogen) atoms. The third-order valence-electron chi connectivity index (χ3n) is 4.29. The first-order chi connectivity index (χ1) is 12.7. The lowest BCUT2D eigenvalue weighted by atomic mass is 10.1. The molecule has 136 valence electrons. The second-order valence-electron chi connectivity index (χ2n) is 5.92. The van der Waals surface area contributed by atoms with Gasteiger partial charge in [-0.3, -0.25) is 0 Å². The van der Waals surface area contributed by atoms with Crippen LogP contribution < -0.4 is 9.47 Å². The molecule has 0 fully saturated rings. The van der Waals surface area contributed by atoms with Gasteiger partial charge in [-0.1, -0.05) is 12.1 Å². The van der Waals surface area contributed by atoms with Crippen LogP contribution >= 0.6 is 0 Å². The zero-order chi connectivity index (χ0) is 18.5. The number of aromatic amines is 1. The van der Waals surface area contributed by atoms with Gasteiger partial charge in [0.25, 0.3) is 0 Å². The molecule has 0 atom stereocenters. The number of benzene rings is 2. The van der Waals surface area contributed by atoms with E-state index in [1.54, 1.807) is 26.4 Å². The van der Waals surface area contributed by atoms with Crippen LogP contribution in [0.5, 0.6) is 11.5 Å². The molecule has 0 aliphatic rings. The van der Waals surface area contributed by atoms with Crippen molar-refractivity contribution in [2.75, 3.05) is 21.3 Å². The van der Waals surface area contributed by atoms with Crippen LogP contribution in [-0.4, -0.2) is 37.3 Å². The topological polar surface area (TPSA) is 73.4 Å². The van der Waals surface area contributed by atoms with Crippen molar-refractivity contribution in [2.45, 2.75) is 19.3 Å². The van der Waals surface area contributed by atoms with Gasteiger partial charge in [-0.2, -0.15) is 0 Å². The van der Waals surface area contributed by atoms with Crippen LogP contribution in [0.4, 0.5) is 0 Å². The molecule has 0 aliphatic carbocycles. The lowest BCUT2D eigenvalue weighted by Crippen LogP contribution is -2.02. The van der Waals surface area contributed by atoms with Crippen LogP contribution in [0.3, 0.4) is 0 Å². The van der Waals surface area contributed by atoms with Gasteiger partial charge in [0.05, 0.1) is 26.9 Å². The minimum absolute atomic E-state index is 0.410. The van der Waals surface area contributed by atoms with E-state index < -0.39 is 5.97 Å². The molecule has 3 aromatic rings. The fourth-order valence-electron chi connectivity index (χ4n) is 2.97. The molecule has 0 aliphatic heterocycles. The summed E-state index contributed by atoms with van der Waals surface area (Å²) < 4.78 is 15.5. The summed E-state index contributed by atoms with van der Waals surface area (Å²) in [5.41, 5.74) is 2.94. The predicted octanol–water partition coefficient (Wildman–Crippen LogP) is 3.54. The first-order valence-electron chi connectivity index (χ1n) is 8.43. The smallest absolute Gasteiger partial charge is 0.340 e. The molecule has 0 amide bonds. The maximum atomic E-state index is 12.0. The Morgan fingerprint density at radius 3 is 2.65 bits per heavy atom. The number of carbonyl (C=O) groups excluding carboxylic acids is 1. The van der Waals surface area contributed by atoms with Crippen LogP contribution in [0.1, 0.15) is 28.2 Å². The van der Waals surface area contributed by atoms with Gasteiger partial charge >= 0.3 is 5.97 Å². The van der Waals surface area contributed by atoms with E-state index in [-0.39, 0.29) is 0 Å². The standard InChI is InChI=1S/C20H22N2O4/c1-24-14-8-4-6-13(12-14)7-5-9-17-21-18-15(20(23)26-3)10-11-16(25-2)19(18)22-17/h4,6,8,10-12H,5,7,9H2,1-3H3,(H,21,22). The third kappa shape index (κ3) is 3.64. The molecule has 6 nitrogen and oxygen atoms in total. The van der Waals surface area contributed by atoms with Gasteiger partial charge < -0.3 is 19.2 Å². The summed E-state index contributed by atoms with van der Waals surface area (Å²) in [5.74, 6) is 1.92. The maximum absolute atomic E-state index is 12.0. The number of H-pyrrole nitrogens is 1. The normalized spacial score (nSPS) is 10.7. The molecular formula is C20H22N2O4. The number of imidazole rings is 1. The monoisotopic (exact) mass is 354 g/mol. The molecule has 0 saturated heterocycles. The Kier molecular flexibility index (Phi) is 5.41. The number of esters is 1. The van der Waals surface area contributed by atoms with Crippen molar-refractivity contribution in [2.24, 2.45) is 0 Å². The Balaban J connectivity index is 1.78. The molecule has 0 unspecified atom stereocenters. The summed E-state index contributed by atoms with van der Waals surface area (Å²) >= 11 is 0. The molecule has 0 spiro atoms. The van der Waals surface area contributed by atoms with Crippen molar-refractivity contribution < 1.29 is 19.0 Å². The zero-order valence-electron chi connectivity index (χ0n) is 15.2. The fourth-order valence-corrected chi connectivity index (χ4v) is 2.97. The van der Waals surface area contributed by atoms with Gasteiger partial charge in [0.15, 0.2) is 0 Å². The van der Waals surface area contributed by atoms with Crippen molar-refractivity contribution in [3.8, 4) is 11.5 Å². The lowest BCUT2D eigenvalue weighted by molar-refractivity contribution is 0.0603. The number of nitrogens with one attached hydrogen (secondary N) is 1. The van der Waals surface area contributed by atoms with E-state index >= 15 is 0 Å². The summed E-state index contributed by atoms with van der Waals surface area (Å²) in [4.78, 5) is 19.8. The third-order valence-corrected chi connectivity index (χ3v) is 4.29. The molecule has 3 rings (SSSR count). The SMILES string of the molecule is COC(=O)c1ccc(OC)c2[nH]c(CCCc3cccc(OC)c3)nc12. The van der Waals surface area contributed by atoms with E-state index in [4.69, 9.17) is 14.2 Å². The van der Waals surface area contributed by atoms with E-state index in [2.05, 4.69) is 16.0 Å². The second-order valence-corrected chi connectivity index (χ2v) is 5.92. The van der Waals surface area contributed by atoms with Gasteiger partial charge in [-0.15, -0.1) is 0 Å². The summed E-state index contributed by atoms with van der Waals surface area (Å²) in [6.45, 7) is 0. The average molecular weight is 354 g/mol. The number of aryl methyl sites for hydroxylation is 2. The quantitative estimate of drug-likeness (QED) is 0.657. The van der Waals surface area contributed by atoms with Crippen LogP contribution in [0, 0.1) is 0 Å². The number of rotatable bonds is 7. The zero-order valence-corrected chi connectivity index (χ0v) is 15.2. The van der Waals surface area contributed by atoms with E-state index in [0.717, 1.165) is 30.8 Å². The number of methoxy groups -OCH3 is 3. The number of hydrogen-bond acceptors (Lipinski definition) is 5. The van der Waals surface area contributed by atoms with E-state index in [1.807, 2.05) is 18.2 Å². The van der Waals surface area contributed by atoms with Gasteiger partial charge in [0, 0.05) is 6.42 Å². The van der Waals surface area contributed by atoms with Crippen molar-refractivity contribution in [1.82, 2.24) is 9.97 Å². The van der Waals surface area contributed by atoms with Crippen LogP contribution in [-0.2, 0) is 17.6 Å². The molecule has 6 heteroatoms. The van der Waals surface area contributed by atoms with E-state index in [1.165, 1.54) is 12.7 Å². The lowest BCUT2D eigenvalue weighted by Gasteiger charge is -2.04. The van der Waals surface area contributed by atoms with Crippen molar-refractivity contribution >= 4 is 17.0 Å².